The molecule has 8 heavy (non-hydrogen) atoms. The molecule has 52 valence electrons. The first kappa shape index (κ1) is 11.6. The third-order valence-corrected chi connectivity index (χ3v) is 1.43. The Bertz CT molecular complexity index is 42.3. The molecular weight excluding hydrogens is 168 g/mol. The van der Waals surface area contributed by atoms with Crippen molar-refractivity contribution in [2.75, 3.05) is 19.5 Å². The molecule has 0 aromatic rings. The van der Waals surface area contributed by atoms with Crippen molar-refractivity contribution in [1.29, 1.82) is 0 Å². The molecule has 0 aromatic carbocycles. The number of rotatable bonds is 3. The summed E-state index contributed by atoms with van der Waals surface area (Å²) in [6, 6.07) is 0. The van der Waals surface area contributed by atoms with Crippen LogP contribution in [0.25, 0.3) is 0 Å². The Kier molecular flexibility index (Phi) is 11.4. The maximum absolute atomic E-state index is 5.57. The van der Waals surface area contributed by atoms with Crippen molar-refractivity contribution in [2.45, 2.75) is 5.38 Å². The summed E-state index contributed by atoms with van der Waals surface area (Å²) >= 11 is 10.9. The Hall–Kier alpha value is 0.830. The largest absolute Gasteiger partial charge is 0.318 e. The lowest BCUT2D eigenvalue weighted by Gasteiger charge is -2.00. The van der Waals surface area contributed by atoms with Gasteiger partial charge in [0, 0.05) is 12.4 Å². The predicted octanol–water partition coefficient (Wildman–Crippen LogP) is 1.47. The van der Waals surface area contributed by atoms with Crippen molar-refractivity contribution in [3.63, 3.8) is 0 Å². The van der Waals surface area contributed by atoms with Crippen molar-refractivity contribution in [1.82, 2.24) is 5.32 Å². The molecule has 0 aliphatic heterocycles. The van der Waals surface area contributed by atoms with E-state index in [1.165, 1.54) is 0 Å². The average Bonchev–Trinajstić information content (AvgIpc) is 1.68. The summed E-state index contributed by atoms with van der Waals surface area (Å²) in [4.78, 5) is 0. The van der Waals surface area contributed by atoms with E-state index < -0.39 is 0 Å². The molecule has 1 atom stereocenters. The van der Waals surface area contributed by atoms with E-state index in [0.717, 1.165) is 6.54 Å². The zero-order valence-corrected chi connectivity index (χ0v) is 6.98. The van der Waals surface area contributed by atoms with Crippen LogP contribution in [0.2, 0.25) is 0 Å². The van der Waals surface area contributed by atoms with Gasteiger partial charge in [0.2, 0.25) is 0 Å². The standard InChI is InChI=1S/C4H9Cl2N.ClH/c1-7-3-4(6)2-5;/h4,7H,2-3H2,1H3;1H. The van der Waals surface area contributed by atoms with E-state index >= 15 is 0 Å². The smallest absolute Gasteiger partial charge is 0.0595 e. The summed E-state index contributed by atoms with van der Waals surface area (Å²) in [6.45, 7) is 0.783. The fourth-order valence-electron chi connectivity index (χ4n) is 0.276. The highest BCUT2D eigenvalue weighted by molar-refractivity contribution is 6.28. The van der Waals surface area contributed by atoms with Crippen LogP contribution >= 0.6 is 35.6 Å². The highest BCUT2D eigenvalue weighted by Gasteiger charge is 1.96. The number of alkyl halides is 2. The van der Waals surface area contributed by atoms with Gasteiger partial charge >= 0.3 is 0 Å². The van der Waals surface area contributed by atoms with Crippen molar-refractivity contribution < 1.29 is 0 Å². The van der Waals surface area contributed by atoms with Gasteiger partial charge in [0.05, 0.1) is 5.38 Å². The molecule has 0 radical (unpaired) electrons. The van der Waals surface area contributed by atoms with Crippen LogP contribution in [-0.4, -0.2) is 24.8 Å². The van der Waals surface area contributed by atoms with Crippen molar-refractivity contribution in [2.24, 2.45) is 0 Å². The second kappa shape index (κ2) is 7.83. The minimum absolute atomic E-state index is 0. The minimum atomic E-state index is 0. The van der Waals surface area contributed by atoms with E-state index in [4.69, 9.17) is 23.2 Å². The van der Waals surface area contributed by atoms with Crippen LogP contribution in [0.3, 0.4) is 0 Å². The molecule has 0 aliphatic rings. The zero-order chi connectivity index (χ0) is 5.70. The molecule has 0 aromatic heterocycles. The molecule has 0 heterocycles. The summed E-state index contributed by atoms with van der Waals surface area (Å²) in [7, 11) is 1.85. The molecular formula is C4H10Cl3N. The summed E-state index contributed by atoms with van der Waals surface area (Å²) in [6.07, 6.45) is 0. The Morgan fingerprint density at radius 2 is 2.12 bits per heavy atom. The van der Waals surface area contributed by atoms with Crippen LogP contribution in [-0.2, 0) is 0 Å². The van der Waals surface area contributed by atoms with Gasteiger partial charge in [-0.15, -0.1) is 35.6 Å². The van der Waals surface area contributed by atoms with Crippen LogP contribution in [0, 0.1) is 0 Å². The molecule has 4 heteroatoms. The van der Waals surface area contributed by atoms with Crippen molar-refractivity contribution in [3.05, 3.63) is 0 Å². The van der Waals surface area contributed by atoms with E-state index in [-0.39, 0.29) is 17.8 Å². The van der Waals surface area contributed by atoms with E-state index in [2.05, 4.69) is 5.32 Å². The maximum Gasteiger partial charge on any atom is 0.0595 e. The number of halogens is 3. The van der Waals surface area contributed by atoms with Crippen LogP contribution in [0.5, 0.6) is 0 Å². The summed E-state index contributed by atoms with van der Waals surface area (Å²) in [5, 5.41) is 2.98. The summed E-state index contributed by atoms with van der Waals surface area (Å²) in [5.41, 5.74) is 0. The molecule has 0 amide bonds. The zero-order valence-electron chi connectivity index (χ0n) is 4.66. The Morgan fingerprint density at radius 3 is 2.25 bits per heavy atom. The van der Waals surface area contributed by atoms with Crippen LogP contribution in [0.4, 0.5) is 0 Å². The van der Waals surface area contributed by atoms with Crippen LogP contribution in [0.1, 0.15) is 0 Å². The molecule has 0 saturated heterocycles. The average molecular weight is 178 g/mol. The first-order valence-electron chi connectivity index (χ1n) is 2.16. The first-order valence-corrected chi connectivity index (χ1v) is 3.13. The maximum atomic E-state index is 5.57. The fourth-order valence-corrected chi connectivity index (χ4v) is 0.539. The quantitative estimate of drug-likeness (QED) is 0.646. The van der Waals surface area contributed by atoms with Crippen molar-refractivity contribution in [3.8, 4) is 0 Å². The first-order chi connectivity index (χ1) is 3.31. The van der Waals surface area contributed by atoms with E-state index in [1.54, 1.807) is 0 Å². The summed E-state index contributed by atoms with van der Waals surface area (Å²) in [5.74, 6) is 0.516. The molecule has 1 N–H and O–H groups in total. The molecule has 0 bridgehead atoms. The van der Waals surface area contributed by atoms with E-state index in [0.29, 0.717) is 5.88 Å². The monoisotopic (exact) mass is 177 g/mol. The minimum Gasteiger partial charge on any atom is -0.318 e. The second-order valence-corrected chi connectivity index (χ2v) is 2.24. The SMILES string of the molecule is CNCC(Cl)CCl.Cl. The van der Waals surface area contributed by atoms with Gasteiger partial charge in [-0.25, -0.2) is 0 Å². The molecule has 1 nitrogen and oxygen atoms in total. The van der Waals surface area contributed by atoms with Gasteiger partial charge in [-0.1, -0.05) is 0 Å². The van der Waals surface area contributed by atoms with Gasteiger partial charge in [-0.3, -0.25) is 0 Å². The number of nitrogens with one attached hydrogen (secondary N) is 1. The fraction of sp³-hybridized carbons (Fsp3) is 1.00. The predicted molar refractivity (Wildman–Crippen MR) is 41.5 cm³/mol. The topological polar surface area (TPSA) is 12.0 Å². The Balaban J connectivity index is 0. The molecule has 0 fully saturated rings. The lowest BCUT2D eigenvalue weighted by atomic mass is 10.5. The number of hydrogen-bond donors (Lipinski definition) is 1. The number of hydrogen-bond acceptors (Lipinski definition) is 1. The third-order valence-electron chi connectivity index (χ3n) is 0.593. The molecule has 1 unspecified atom stereocenters. The normalized spacial score (nSPS) is 12.4. The molecule has 0 aliphatic carbocycles. The third kappa shape index (κ3) is 6.83. The van der Waals surface area contributed by atoms with Crippen molar-refractivity contribution >= 4 is 35.6 Å². The van der Waals surface area contributed by atoms with Gasteiger partial charge < -0.3 is 5.32 Å². The van der Waals surface area contributed by atoms with Crippen LogP contribution in [0.15, 0.2) is 0 Å². The second-order valence-electron chi connectivity index (χ2n) is 1.31. The lowest BCUT2D eigenvalue weighted by Crippen LogP contribution is -2.19. The molecule has 0 rings (SSSR count). The van der Waals surface area contributed by atoms with Gasteiger partial charge in [0.25, 0.3) is 0 Å². The Morgan fingerprint density at radius 1 is 1.62 bits per heavy atom. The summed E-state index contributed by atoms with van der Waals surface area (Å²) < 4.78 is 0. The highest BCUT2D eigenvalue weighted by Crippen LogP contribution is 1.94. The molecule has 0 spiro atoms. The van der Waals surface area contributed by atoms with E-state index in [9.17, 15) is 0 Å². The molecule has 0 saturated carbocycles. The Labute approximate surface area is 66.1 Å². The van der Waals surface area contributed by atoms with Gasteiger partial charge in [0.15, 0.2) is 0 Å². The van der Waals surface area contributed by atoms with Gasteiger partial charge in [-0.05, 0) is 7.05 Å². The van der Waals surface area contributed by atoms with Gasteiger partial charge in [0.1, 0.15) is 0 Å². The lowest BCUT2D eigenvalue weighted by molar-refractivity contribution is 0.782. The van der Waals surface area contributed by atoms with Gasteiger partial charge in [-0.2, -0.15) is 0 Å². The van der Waals surface area contributed by atoms with E-state index in [1.807, 2.05) is 7.05 Å². The highest BCUT2D eigenvalue weighted by atomic mass is 35.5. The van der Waals surface area contributed by atoms with Crippen LogP contribution < -0.4 is 5.32 Å².